The van der Waals surface area contributed by atoms with Crippen molar-refractivity contribution in [2.75, 3.05) is 6.26 Å². The van der Waals surface area contributed by atoms with Gasteiger partial charge in [-0.1, -0.05) is 31.1 Å². The third kappa shape index (κ3) is 2.57. The van der Waals surface area contributed by atoms with Gasteiger partial charge in [-0.3, -0.25) is 0 Å². The van der Waals surface area contributed by atoms with Crippen LogP contribution in [-0.2, 0) is 0 Å². The number of benzene rings is 1. The second kappa shape index (κ2) is 5.54. The Morgan fingerprint density at radius 2 is 2.00 bits per heavy atom. The van der Waals surface area contributed by atoms with Crippen LogP contribution in [-0.4, -0.2) is 16.4 Å². The first-order chi connectivity index (χ1) is 8.63. The molecule has 0 saturated carbocycles. The van der Waals surface area contributed by atoms with Crippen LogP contribution in [0.4, 0.5) is 0 Å². The lowest BCUT2D eigenvalue weighted by Gasteiger charge is -2.09. The maximum Gasteiger partial charge on any atom is 0.259 e. The van der Waals surface area contributed by atoms with E-state index in [9.17, 15) is 0 Å². The molecule has 0 radical (unpaired) electrons. The van der Waals surface area contributed by atoms with Gasteiger partial charge in [-0.2, -0.15) is 4.98 Å². The van der Waals surface area contributed by atoms with Gasteiger partial charge in [0.1, 0.15) is 0 Å². The van der Waals surface area contributed by atoms with Crippen molar-refractivity contribution < 1.29 is 4.52 Å². The predicted molar refractivity (Wildman–Crippen MR) is 73.3 cm³/mol. The van der Waals surface area contributed by atoms with Gasteiger partial charge < -0.3 is 10.3 Å². The first kappa shape index (κ1) is 13.1. The Hall–Kier alpha value is -1.33. The van der Waals surface area contributed by atoms with Crippen molar-refractivity contribution in [3.8, 4) is 11.5 Å². The molecule has 1 unspecified atom stereocenters. The lowest BCUT2D eigenvalue weighted by Crippen LogP contribution is -2.18. The molecule has 4 nitrogen and oxygen atoms in total. The average Bonchev–Trinajstić information content (AvgIpc) is 2.87. The number of nitrogens with two attached hydrogens (primary N) is 1. The molecular weight excluding hydrogens is 246 g/mol. The molecule has 0 amide bonds. The van der Waals surface area contributed by atoms with E-state index in [1.165, 1.54) is 0 Å². The Morgan fingerprint density at radius 1 is 1.28 bits per heavy atom. The summed E-state index contributed by atoms with van der Waals surface area (Å²) in [6.07, 6.45) is 2.02. The van der Waals surface area contributed by atoms with Crippen LogP contribution in [0, 0.1) is 5.92 Å². The average molecular weight is 263 g/mol. The van der Waals surface area contributed by atoms with Gasteiger partial charge >= 0.3 is 0 Å². The zero-order valence-electron chi connectivity index (χ0n) is 10.8. The fourth-order valence-corrected chi connectivity index (χ4v) is 2.19. The van der Waals surface area contributed by atoms with E-state index in [2.05, 4.69) is 10.1 Å². The summed E-state index contributed by atoms with van der Waals surface area (Å²) < 4.78 is 5.31. The lowest BCUT2D eigenvalue weighted by atomic mass is 10.1. The Kier molecular flexibility index (Phi) is 4.04. The van der Waals surface area contributed by atoms with Gasteiger partial charge in [-0.25, -0.2) is 0 Å². The van der Waals surface area contributed by atoms with Gasteiger partial charge in [0.05, 0.1) is 11.6 Å². The first-order valence-electron chi connectivity index (χ1n) is 5.86. The topological polar surface area (TPSA) is 64.9 Å². The minimum atomic E-state index is -0.191. The normalized spacial score (nSPS) is 12.9. The Bertz CT molecular complexity index is 524. The quantitative estimate of drug-likeness (QED) is 0.859. The van der Waals surface area contributed by atoms with E-state index in [0.717, 1.165) is 10.5 Å². The molecule has 2 rings (SSSR count). The standard InChI is InChI=1S/C13H17N3OS/c1-8(2)11(14)12-15-13(17-16-12)9-6-4-5-7-10(9)18-3/h4-8,11H,14H2,1-3H3. The molecule has 1 atom stereocenters. The smallest absolute Gasteiger partial charge is 0.259 e. The minimum Gasteiger partial charge on any atom is -0.334 e. The summed E-state index contributed by atoms with van der Waals surface area (Å²) in [5, 5.41) is 3.97. The summed E-state index contributed by atoms with van der Waals surface area (Å²) in [7, 11) is 0. The van der Waals surface area contributed by atoms with Gasteiger partial charge in [0, 0.05) is 4.90 Å². The molecule has 2 aromatic rings. The van der Waals surface area contributed by atoms with Crippen molar-refractivity contribution in [3.63, 3.8) is 0 Å². The molecular formula is C13H17N3OS. The van der Waals surface area contributed by atoms with Crippen LogP contribution < -0.4 is 5.73 Å². The van der Waals surface area contributed by atoms with Crippen LogP contribution in [0.2, 0.25) is 0 Å². The summed E-state index contributed by atoms with van der Waals surface area (Å²) >= 11 is 1.66. The van der Waals surface area contributed by atoms with Gasteiger partial charge in [-0.05, 0) is 24.3 Å². The number of nitrogens with zero attached hydrogens (tertiary/aromatic N) is 2. The van der Waals surface area contributed by atoms with Crippen LogP contribution >= 0.6 is 11.8 Å². The van der Waals surface area contributed by atoms with E-state index in [4.69, 9.17) is 10.3 Å². The monoisotopic (exact) mass is 263 g/mol. The maximum absolute atomic E-state index is 6.01. The first-order valence-corrected chi connectivity index (χ1v) is 7.08. The van der Waals surface area contributed by atoms with Crippen molar-refractivity contribution >= 4 is 11.8 Å². The highest BCUT2D eigenvalue weighted by molar-refractivity contribution is 7.98. The summed E-state index contributed by atoms with van der Waals surface area (Å²) in [6, 6.07) is 7.77. The zero-order valence-corrected chi connectivity index (χ0v) is 11.6. The molecule has 18 heavy (non-hydrogen) atoms. The van der Waals surface area contributed by atoms with Crippen molar-refractivity contribution in [2.24, 2.45) is 11.7 Å². The third-order valence-electron chi connectivity index (χ3n) is 2.80. The highest BCUT2D eigenvalue weighted by atomic mass is 32.2. The van der Waals surface area contributed by atoms with Crippen molar-refractivity contribution in [2.45, 2.75) is 24.8 Å². The molecule has 1 heterocycles. The van der Waals surface area contributed by atoms with E-state index in [1.807, 2.05) is 44.4 Å². The Balaban J connectivity index is 2.35. The number of rotatable bonds is 4. The van der Waals surface area contributed by atoms with E-state index in [1.54, 1.807) is 11.8 Å². The van der Waals surface area contributed by atoms with Crippen LogP contribution in [0.5, 0.6) is 0 Å². The van der Waals surface area contributed by atoms with E-state index < -0.39 is 0 Å². The van der Waals surface area contributed by atoms with Crippen LogP contribution in [0.1, 0.15) is 25.7 Å². The largest absolute Gasteiger partial charge is 0.334 e. The van der Waals surface area contributed by atoms with Gasteiger partial charge in [0.15, 0.2) is 5.82 Å². The minimum absolute atomic E-state index is 0.191. The molecule has 1 aromatic heterocycles. The molecule has 0 saturated heterocycles. The number of hydrogen-bond acceptors (Lipinski definition) is 5. The lowest BCUT2D eigenvalue weighted by molar-refractivity contribution is 0.399. The van der Waals surface area contributed by atoms with Gasteiger partial charge in [-0.15, -0.1) is 11.8 Å². The van der Waals surface area contributed by atoms with E-state index in [0.29, 0.717) is 11.7 Å². The van der Waals surface area contributed by atoms with E-state index in [-0.39, 0.29) is 12.0 Å². The fourth-order valence-electron chi connectivity index (χ4n) is 1.60. The second-order valence-electron chi connectivity index (χ2n) is 4.43. The summed E-state index contributed by atoms with van der Waals surface area (Å²) in [5.74, 6) is 1.38. The number of aromatic nitrogens is 2. The molecule has 0 aliphatic heterocycles. The Labute approximate surface area is 111 Å². The molecule has 0 aliphatic rings. The zero-order chi connectivity index (χ0) is 13.1. The van der Waals surface area contributed by atoms with Crippen molar-refractivity contribution in [1.82, 2.24) is 10.1 Å². The summed E-state index contributed by atoms with van der Waals surface area (Å²) in [4.78, 5) is 5.51. The molecule has 0 bridgehead atoms. The SMILES string of the molecule is CSc1ccccc1-c1nc(C(N)C(C)C)no1. The summed E-state index contributed by atoms with van der Waals surface area (Å²) in [5.41, 5.74) is 6.97. The van der Waals surface area contributed by atoms with Crippen LogP contribution in [0.15, 0.2) is 33.7 Å². The predicted octanol–water partition coefficient (Wildman–Crippen LogP) is 3.11. The van der Waals surface area contributed by atoms with Gasteiger partial charge in [0.25, 0.3) is 5.89 Å². The molecule has 0 aliphatic carbocycles. The number of hydrogen-bond donors (Lipinski definition) is 1. The third-order valence-corrected chi connectivity index (χ3v) is 3.59. The second-order valence-corrected chi connectivity index (χ2v) is 5.28. The fraction of sp³-hybridized carbons (Fsp3) is 0.385. The van der Waals surface area contributed by atoms with Crippen molar-refractivity contribution in [1.29, 1.82) is 0 Å². The molecule has 0 spiro atoms. The molecule has 0 fully saturated rings. The highest BCUT2D eigenvalue weighted by Gasteiger charge is 2.19. The summed E-state index contributed by atoms with van der Waals surface area (Å²) in [6.45, 7) is 4.08. The molecule has 96 valence electrons. The van der Waals surface area contributed by atoms with Gasteiger partial charge in [0.2, 0.25) is 0 Å². The molecule has 5 heteroatoms. The van der Waals surface area contributed by atoms with Crippen molar-refractivity contribution in [3.05, 3.63) is 30.1 Å². The highest BCUT2D eigenvalue weighted by Crippen LogP contribution is 2.29. The number of thioether (sulfide) groups is 1. The maximum atomic E-state index is 6.01. The molecule has 1 aromatic carbocycles. The van der Waals surface area contributed by atoms with Crippen LogP contribution in [0.3, 0.4) is 0 Å². The van der Waals surface area contributed by atoms with Crippen LogP contribution in [0.25, 0.3) is 11.5 Å². The molecule has 2 N–H and O–H groups in total. The van der Waals surface area contributed by atoms with E-state index >= 15 is 0 Å². The Morgan fingerprint density at radius 3 is 2.67 bits per heavy atom.